The Morgan fingerprint density at radius 3 is 2.82 bits per heavy atom. The number of benzene rings is 1. The monoisotopic (exact) mass is 319 g/mol. The number of morpholine rings is 1. The van der Waals surface area contributed by atoms with E-state index in [2.05, 4.69) is 40.4 Å². The topological polar surface area (TPSA) is 30.3 Å². The lowest BCUT2D eigenvalue weighted by molar-refractivity contribution is -0.0336. The van der Waals surface area contributed by atoms with E-state index < -0.39 is 0 Å². The molecule has 1 fully saturated rings. The summed E-state index contributed by atoms with van der Waals surface area (Å²) in [6.45, 7) is 7.87. The van der Waals surface area contributed by atoms with Crippen LogP contribution < -0.4 is 0 Å². The van der Waals surface area contributed by atoms with Crippen molar-refractivity contribution in [2.75, 3.05) is 19.7 Å². The van der Waals surface area contributed by atoms with E-state index in [0.29, 0.717) is 6.04 Å². The average molecular weight is 320 g/mol. The zero-order valence-electron chi connectivity index (χ0n) is 13.1. The van der Waals surface area contributed by atoms with Gasteiger partial charge in [0, 0.05) is 36.9 Å². The first-order valence-corrected chi connectivity index (χ1v) is 8.11. The Kier molecular flexibility index (Phi) is 4.81. The molecule has 0 unspecified atom stereocenters. The Bertz CT molecular complexity index is 609. The number of imidazole rings is 1. The average Bonchev–Trinajstić information content (AvgIpc) is 2.96. The fourth-order valence-electron chi connectivity index (χ4n) is 2.87. The molecule has 3 rings (SSSR count). The highest BCUT2D eigenvalue weighted by molar-refractivity contribution is 6.30. The van der Waals surface area contributed by atoms with Crippen LogP contribution in [0.1, 0.15) is 37.3 Å². The molecule has 0 radical (unpaired) electrons. The van der Waals surface area contributed by atoms with Crippen LogP contribution in [0.15, 0.2) is 36.8 Å². The first-order valence-electron chi connectivity index (χ1n) is 7.73. The van der Waals surface area contributed by atoms with Gasteiger partial charge >= 0.3 is 0 Å². The van der Waals surface area contributed by atoms with Gasteiger partial charge in [-0.25, -0.2) is 4.98 Å². The van der Waals surface area contributed by atoms with Crippen molar-refractivity contribution in [3.05, 3.63) is 53.1 Å². The van der Waals surface area contributed by atoms with Crippen molar-refractivity contribution in [3.8, 4) is 0 Å². The highest BCUT2D eigenvalue weighted by atomic mass is 35.5. The third-order valence-corrected chi connectivity index (χ3v) is 4.33. The summed E-state index contributed by atoms with van der Waals surface area (Å²) >= 11 is 5.96. The summed E-state index contributed by atoms with van der Waals surface area (Å²) in [5.74, 6) is 0. The quantitative estimate of drug-likeness (QED) is 0.861. The van der Waals surface area contributed by atoms with Crippen LogP contribution in [0.2, 0.25) is 5.02 Å². The van der Waals surface area contributed by atoms with Gasteiger partial charge in [0.2, 0.25) is 0 Å². The molecule has 0 N–H and O–H groups in total. The minimum absolute atomic E-state index is 0.112. The van der Waals surface area contributed by atoms with Gasteiger partial charge in [-0.2, -0.15) is 0 Å². The van der Waals surface area contributed by atoms with Gasteiger partial charge in [-0.1, -0.05) is 23.7 Å². The molecule has 0 amide bonds. The molecular formula is C17H22ClN3O. The van der Waals surface area contributed by atoms with Crippen LogP contribution in [0.4, 0.5) is 0 Å². The maximum atomic E-state index is 5.96. The van der Waals surface area contributed by atoms with Gasteiger partial charge in [0.1, 0.15) is 0 Å². The SMILES string of the molecule is CC(C)n1cncc1CN1CCO[C@@H](c2ccc(Cl)cc2)C1. The summed E-state index contributed by atoms with van der Waals surface area (Å²) in [4.78, 5) is 6.72. The second-order valence-corrected chi connectivity index (χ2v) is 6.47. The molecule has 0 bridgehead atoms. The molecule has 1 atom stereocenters. The Morgan fingerprint density at radius 2 is 2.09 bits per heavy atom. The van der Waals surface area contributed by atoms with Crippen LogP contribution in [0.25, 0.3) is 0 Å². The molecule has 1 aliphatic heterocycles. The largest absolute Gasteiger partial charge is 0.371 e. The van der Waals surface area contributed by atoms with E-state index in [1.807, 2.05) is 24.7 Å². The van der Waals surface area contributed by atoms with Crippen LogP contribution in [0.5, 0.6) is 0 Å². The van der Waals surface area contributed by atoms with Crippen LogP contribution >= 0.6 is 11.6 Å². The number of aromatic nitrogens is 2. The summed E-state index contributed by atoms with van der Waals surface area (Å²) in [7, 11) is 0. The summed E-state index contributed by atoms with van der Waals surface area (Å²) in [5, 5.41) is 0.761. The Labute approximate surface area is 136 Å². The molecule has 4 nitrogen and oxygen atoms in total. The van der Waals surface area contributed by atoms with Crippen molar-refractivity contribution in [2.45, 2.75) is 32.5 Å². The molecule has 5 heteroatoms. The molecule has 2 aromatic rings. The molecule has 118 valence electrons. The van der Waals surface area contributed by atoms with E-state index in [0.717, 1.165) is 31.3 Å². The number of hydrogen-bond donors (Lipinski definition) is 0. The van der Waals surface area contributed by atoms with Crippen LogP contribution in [-0.2, 0) is 11.3 Å². The van der Waals surface area contributed by atoms with Gasteiger partial charge in [0.15, 0.2) is 0 Å². The van der Waals surface area contributed by atoms with Gasteiger partial charge in [0.05, 0.1) is 24.7 Å². The third-order valence-electron chi connectivity index (χ3n) is 4.08. The Morgan fingerprint density at radius 1 is 1.32 bits per heavy atom. The number of hydrogen-bond acceptors (Lipinski definition) is 3. The van der Waals surface area contributed by atoms with Crippen molar-refractivity contribution in [1.82, 2.24) is 14.5 Å². The van der Waals surface area contributed by atoms with Crippen LogP contribution in [0, 0.1) is 0 Å². The smallest absolute Gasteiger partial charge is 0.0952 e. The third kappa shape index (κ3) is 3.51. The second-order valence-electron chi connectivity index (χ2n) is 6.03. The first-order chi connectivity index (χ1) is 10.6. The highest BCUT2D eigenvalue weighted by Crippen LogP contribution is 2.24. The molecule has 1 aromatic heterocycles. The van der Waals surface area contributed by atoms with Crippen molar-refractivity contribution in [3.63, 3.8) is 0 Å². The molecule has 0 saturated carbocycles. The summed E-state index contributed by atoms with van der Waals surface area (Å²) in [5.41, 5.74) is 2.44. The lowest BCUT2D eigenvalue weighted by Crippen LogP contribution is -2.38. The maximum Gasteiger partial charge on any atom is 0.0952 e. The predicted molar refractivity (Wildman–Crippen MR) is 88.0 cm³/mol. The first kappa shape index (κ1) is 15.5. The molecule has 0 aliphatic carbocycles. The van der Waals surface area contributed by atoms with E-state index in [9.17, 15) is 0 Å². The fraction of sp³-hybridized carbons (Fsp3) is 0.471. The van der Waals surface area contributed by atoms with Crippen LogP contribution in [0.3, 0.4) is 0 Å². The van der Waals surface area contributed by atoms with Crippen molar-refractivity contribution in [1.29, 1.82) is 0 Å². The molecule has 0 spiro atoms. The van der Waals surface area contributed by atoms with E-state index in [4.69, 9.17) is 16.3 Å². The zero-order chi connectivity index (χ0) is 15.5. The van der Waals surface area contributed by atoms with Gasteiger partial charge in [0.25, 0.3) is 0 Å². The van der Waals surface area contributed by atoms with E-state index in [1.165, 1.54) is 11.3 Å². The lowest BCUT2D eigenvalue weighted by Gasteiger charge is -2.33. The van der Waals surface area contributed by atoms with Gasteiger partial charge < -0.3 is 9.30 Å². The Hall–Kier alpha value is -1.36. The molecular weight excluding hydrogens is 298 g/mol. The Balaban J connectivity index is 1.68. The minimum atomic E-state index is 0.112. The van der Waals surface area contributed by atoms with Crippen molar-refractivity contribution in [2.24, 2.45) is 0 Å². The molecule has 1 saturated heterocycles. The second kappa shape index (κ2) is 6.82. The summed E-state index contributed by atoms with van der Waals surface area (Å²) in [6, 6.07) is 8.38. The van der Waals surface area contributed by atoms with Gasteiger partial charge in [-0.3, -0.25) is 4.90 Å². The van der Waals surface area contributed by atoms with Gasteiger partial charge in [-0.15, -0.1) is 0 Å². The number of ether oxygens (including phenoxy) is 1. The zero-order valence-corrected chi connectivity index (χ0v) is 13.8. The standard InChI is InChI=1S/C17H22ClN3O/c1-13(2)21-12-19-9-16(21)10-20-7-8-22-17(11-20)14-3-5-15(18)6-4-14/h3-6,9,12-13,17H,7-8,10-11H2,1-2H3/t17-/m1/s1. The highest BCUT2D eigenvalue weighted by Gasteiger charge is 2.23. The summed E-state index contributed by atoms with van der Waals surface area (Å²) < 4.78 is 8.15. The van der Waals surface area contributed by atoms with Crippen LogP contribution in [-0.4, -0.2) is 34.1 Å². The van der Waals surface area contributed by atoms with E-state index in [1.54, 1.807) is 0 Å². The van der Waals surface area contributed by atoms with Gasteiger partial charge in [-0.05, 0) is 31.5 Å². The number of rotatable bonds is 4. The maximum absolute atomic E-state index is 5.96. The van der Waals surface area contributed by atoms with E-state index >= 15 is 0 Å². The molecule has 1 aromatic carbocycles. The van der Waals surface area contributed by atoms with Crippen molar-refractivity contribution >= 4 is 11.6 Å². The van der Waals surface area contributed by atoms with E-state index in [-0.39, 0.29) is 6.10 Å². The normalized spacial score (nSPS) is 19.7. The lowest BCUT2D eigenvalue weighted by atomic mass is 10.1. The predicted octanol–water partition coefficient (Wildman–Crippen LogP) is 3.69. The number of halogens is 1. The molecule has 1 aliphatic rings. The number of nitrogens with zero attached hydrogens (tertiary/aromatic N) is 3. The summed E-state index contributed by atoms with van der Waals surface area (Å²) in [6.07, 6.45) is 3.99. The minimum Gasteiger partial charge on any atom is -0.371 e. The fourth-order valence-corrected chi connectivity index (χ4v) is 3.00. The van der Waals surface area contributed by atoms with Crippen molar-refractivity contribution < 1.29 is 4.74 Å². The molecule has 2 heterocycles. The molecule has 22 heavy (non-hydrogen) atoms.